The van der Waals surface area contributed by atoms with Crippen LogP contribution in [0.4, 0.5) is 0 Å². The Morgan fingerprint density at radius 3 is 1.62 bits per heavy atom. The summed E-state index contributed by atoms with van der Waals surface area (Å²) in [6, 6.07) is 0. The highest BCUT2D eigenvalue weighted by atomic mass is 15.8. The van der Waals surface area contributed by atoms with Crippen molar-refractivity contribution in [2.75, 3.05) is 0 Å². The Balaban J connectivity index is 1.80. The van der Waals surface area contributed by atoms with Gasteiger partial charge in [-0.25, -0.2) is 5.53 Å². The molecule has 4 nitrogen and oxygen atoms in total. The second kappa shape index (κ2) is 13.5. The highest BCUT2D eigenvalue weighted by Crippen LogP contribution is 2.21. The van der Waals surface area contributed by atoms with Gasteiger partial charge in [0, 0.05) is 0 Å². The van der Waals surface area contributed by atoms with Gasteiger partial charge in [-0.2, -0.15) is 5.10 Å². The number of hydrogen-bond acceptors (Lipinski definition) is 4. The molecule has 0 aromatic heterocycles. The minimum Gasteiger partial charge on any atom is -0.272 e. The van der Waals surface area contributed by atoms with Crippen LogP contribution in [-0.2, 0) is 0 Å². The standard InChI is InChI=1S/C20H42N4/c1-4-5-6-7-8-9-10-11-12-13-14-15-16-17-18-20(2,3)24-19-21-22-23-24/h19,22-23H,4-18H2,1-3H3. The van der Waals surface area contributed by atoms with Gasteiger partial charge in [0.1, 0.15) is 6.34 Å². The fourth-order valence-corrected chi connectivity index (χ4v) is 3.38. The monoisotopic (exact) mass is 338 g/mol. The Morgan fingerprint density at radius 2 is 1.21 bits per heavy atom. The van der Waals surface area contributed by atoms with E-state index in [4.69, 9.17) is 0 Å². The molecule has 0 radical (unpaired) electrons. The van der Waals surface area contributed by atoms with Crippen LogP contribution in [0, 0.1) is 0 Å². The minimum absolute atomic E-state index is 0.129. The Hall–Kier alpha value is -0.770. The van der Waals surface area contributed by atoms with Crippen molar-refractivity contribution in [3.63, 3.8) is 0 Å². The van der Waals surface area contributed by atoms with Gasteiger partial charge in [-0.05, 0) is 20.3 Å². The summed E-state index contributed by atoms with van der Waals surface area (Å²) < 4.78 is 0. The van der Waals surface area contributed by atoms with Crippen molar-refractivity contribution in [3.05, 3.63) is 0 Å². The highest BCUT2D eigenvalue weighted by Gasteiger charge is 2.26. The van der Waals surface area contributed by atoms with Crippen LogP contribution < -0.4 is 11.1 Å². The molecular weight excluding hydrogens is 296 g/mol. The molecule has 1 aliphatic heterocycles. The lowest BCUT2D eigenvalue weighted by molar-refractivity contribution is 0.137. The first-order valence-corrected chi connectivity index (χ1v) is 10.5. The SMILES string of the molecule is CCCCCCCCCCCCCCCCC(C)(C)N1C=NNN1. The van der Waals surface area contributed by atoms with Gasteiger partial charge in [0.15, 0.2) is 0 Å². The van der Waals surface area contributed by atoms with E-state index in [1.165, 1.54) is 96.3 Å². The summed E-state index contributed by atoms with van der Waals surface area (Å²) in [5.74, 6) is 0. The van der Waals surface area contributed by atoms with Gasteiger partial charge in [-0.1, -0.05) is 96.8 Å². The highest BCUT2D eigenvalue weighted by molar-refractivity contribution is 5.56. The van der Waals surface area contributed by atoms with Crippen molar-refractivity contribution in [3.8, 4) is 0 Å². The number of hydrazine groups is 2. The lowest BCUT2D eigenvalue weighted by atomic mass is 9.95. The Kier molecular flexibility index (Phi) is 12.0. The average Bonchev–Trinajstić information content (AvgIpc) is 3.10. The predicted octanol–water partition coefficient (Wildman–Crippen LogP) is 5.90. The van der Waals surface area contributed by atoms with Gasteiger partial charge < -0.3 is 0 Å². The Morgan fingerprint density at radius 1 is 0.750 bits per heavy atom. The van der Waals surface area contributed by atoms with Gasteiger partial charge in [-0.15, -0.1) is 5.53 Å². The molecule has 1 heterocycles. The van der Waals surface area contributed by atoms with Gasteiger partial charge in [-0.3, -0.25) is 5.01 Å². The third-order valence-electron chi connectivity index (χ3n) is 5.20. The van der Waals surface area contributed by atoms with Crippen molar-refractivity contribution in [2.45, 2.75) is 123 Å². The van der Waals surface area contributed by atoms with E-state index in [1.54, 1.807) is 0 Å². The van der Waals surface area contributed by atoms with Crippen molar-refractivity contribution in [1.82, 2.24) is 16.1 Å². The van der Waals surface area contributed by atoms with E-state index < -0.39 is 0 Å². The first-order chi connectivity index (χ1) is 11.7. The summed E-state index contributed by atoms with van der Waals surface area (Å²) in [7, 11) is 0. The summed E-state index contributed by atoms with van der Waals surface area (Å²) in [5.41, 5.74) is 5.96. The molecule has 24 heavy (non-hydrogen) atoms. The van der Waals surface area contributed by atoms with Gasteiger partial charge >= 0.3 is 0 Å². The zero-order valence-corrected chi connectivity index (χ0v) is 16.6. The van der Waals surface area contributed by atoms with Crippen LogP contribution in [0.5, 0.6) is 0 Å². The molecule has 0 saturated carbocycles. The number of nitrogens with one attached hydrogen (secondary N) is 2. The van der Waals surface area contributed by atoms with Crippen LogP contribution in [0.2, 0.25) is 0 Å². The average molecular weight is 339 g/mol. The Bertz CT molecular complexity index is 315. The number of nitrogens with zero attached hydrogens (tertiary/aromatic N) is 2. The molecule has 0 fully saturated rings. The van der Waals surface area contributed by atoms with Crippen molar-refractivity contribution in [2.24, 2.45) is 5.10 Å². The minimum atomic E-state index is 0.129. The summed E-state index contributed by atoms with van der Waals surface area (Å²) in [4.78, 5) is 0. The smallest absolute Gasteiger partial charge is 0.129 e. The van der Waals surface area contributed by atoms with Gasteiger partial charge in [0.2, 0.25) is 0 Å². The maximum absolute atomic E-state index is 3.99. The van der Waals surface area contributed by atoms with Crippen LogP contribution in [0.25, 0.3) is 0 Å². The normalized spacial score (nSPS) is 14.4. The molecule has 142 valence electrons. The molecule has 4 heteroatoms. The predicted molar refractivity (Wildman–Crippen MR) is 106 cm³/mol. The van der Waals surface area contributed by atoms with Gasteiger partial charge in [0.05, 0.1) is 5.54 Å². The third-order valence-corrected chi connectivity index (χ3v) is 5.20. The zero-order valence-electron chi connectivity index (χ0n) is 16.6. The van der Waals surface area contributed by atoms with E-state index in [1.807, 2.05) is 6.34 Å². The van der Waals surface area contributed by atoms with Crippen LogP contribution in [-0.4, -0.2) is 16.9 Å². The van der Waals surface area contributed by atoms with E-state index in [-0.39, 0.29) is 5.54 Å². The first kappa shape index (κ1) is 21.3. The molecule has 0 aromatic rings. The molecule has 0 bridgehead atoms. The van der Waals surface area contributed by atoms with E-state index in [2.05, 4.69) is 42.0 Å². The molecule has 0 amide bonds. The van der Waals surface area contributed by atoms with Crippen LogP contribution in [0.3, 0.4) is 0 Å². The number of hydrogen-bond donors (Lipinski definition) is 2. The summed E-state index contributed by atoms with van der Waals surface area (Å²) >= 11 is 0. The fourth-order valence-electron chi connectivity index (χ4n) is 3.38. The molecule has 0 unspecified atom stereocenters. The molecule has 1 rings (SSSR count). The molecule has 0 saturated heterocycles. The molecule has 0 aromatic carbocycles. The maximum Gasteiger partial charge on any atom is 0.129 e. The second-order valence-corrected chi connectivity index (χ2v) is 8.00. The number of rotatable bonds is 16. The van der Waals surface area contributed by atoms with E-state index in [0.29, 0.717) is 0 Å². The third kappa shape index (κ3) is 10.2. The summed E-state index contributed by atoms with van der Waals surface area (Å²) in [5, 5.41) is 6.05. The first-order valence-electron chi connectivity index (χ1n) is 10.5. The Labute approximate surface area is 150 Å². The largest absolute Gasteiger partial charge is 0.272 e. The van der Waals surface area contributed by atoms with Crippen LogP contribution in [0.1, 0.15) is 117 Å². The molecular formula is C20H42N4. The molecule has 0 atom stereocenters. The van der Waals surface area contributed by atoms with E-state index in [0.717, 1.165) is 0 Å². The van der Waals surface area contributed by atoms with Crippen molar-refractivity contribution >= 4 is 6.34 Å². The molecule has 0 aliphatic carbocycles. The van der Waals surface area contributed by atoms with Crippen molar-refractivity contribution < 1.29 is 0 Å². The quantitative estimate of drug-likeness (QED) is 0.344. The topological polar surface area (TPSA) is 39.7 Å². The second-order valence-electron chi connectivity index (χ2n) is 8.00. The lowest BCUT2D eigenvalue weighted by Crippen LogP contribution is -2.50. The summed E-state index contributed by atoms with van der Waals surface area (Å²) in [6.07, 6.45) is 22.9. The molecule has 0 spiro atoms. The molecule has 1 aliphatic rings. The fraction of sp³-hybridized carbons (Fsp3) is 0.950. The zero-order chi connectivity index (χ0) is 17.5. The van der Waals surface area contributed by atoms with Crippen LogP contribution >= 0.6 is 0 Å². The summed E-state index contributed by atoms with van der Waals surface area (Å²) in [6.45, 7) is 6.82. The van der Waals surface area contributed by atoms with E-state index >= 15 is 0 Å². The number of unbranched alkanes of at least 4 members (excludes halogenated alkanes) is 13. The lowest BCUT2D eigenvalue weighted by Gasteiger charge is -2.33. The van der Waals surface area contributed by atoms with E-state index in [9.17, 15) is 0 Å². The van der Waals surface area contributed by atoms with Crippen LogP contribution in [0.15, 0.2) is 5.10 Å². The molecule has 2 N–H and O–H groups in total. The van der Waals surface area contributed by atoms with Gasteiger partial charge in [0.25, 0.3) is 0 Å². The number of hydrazone groups is 1. The maximum atomic E-state index is 3.99. The van der Waals surface area contributed by atoms with Crippen molar-refractivity contribution in [1.29, 1.82) is 0 Å².